The summed E-state index contributed by atoms with van der Waals surface area (Å²) in [5.41, 5.74) is 3.10. The molecule has 0 aliphatic heterocycles. The van der Waals surface area contributed by atoms with Crippen molar-refractivity contribution in [2.45, 2.75) is 44.1 Å². The van der Waals surface area contributed by atoms with Gasteiger partial charge in [0.25, 0.3) is 0 Å². The minimum Gasteiger partial charge on any atom is -0.472 e. The molecule has 106 valence electrons. The van der Waals surface area contributed by atoms with Crippen LogP contribution in [0, 0.1) is 0 Å². The van der Waals surface area contributed by atoms with E-state index >= 15 is 0 Å². The van der Waals surface area contributed by atoms with Crippen LogP contribution in [0.15, 0.2) is 53.3 Å². The molecule has 3 rings (SSSR count). The molecule has 1 aromatic heterocycles. The average molecular weight is 269 g/mol. The third kappa shape index (κ3) is 2.66. The second-order valence-corrected chi connectivity index (χ2v) is 5.86. The molecule has 2 aromatic rings. The summed E-state index contributed by atoms with van der Waals surface area (Å²) in [6, 6.07) is 13.6. The van der Waals surface area contributed by atoms with Crippen molar-refractivity contribution >= 4 is 0 Å². The predicted molar refractivity (Wildman–Crippen MR) is 81.8 cm³/mol. The fraction of sp³-hybridized carbons (Fsp3) is 0.444. The van der Waals surface area contributed by atoms with Crippen LogP contribution in [0.4, 0.5) is 0 Å². The zero-order valence-electron chi connectivity index (χ0n) is 12.1. The maximum absolute atomic E-state index is 5.23. The molecule has 1 atom stereocenters. The van der Waals surface area contributed by atoms with Crippen LogP contribution < -0.4 is 5.32 Å². The Bertz CT molecular complexity index is 514. The quantitative estimate of drug-likeness (QED) is 0.824. The van der Waals surface area contributed by atoms with E-state index in [1.54, 1.807) is 6.26 Å². The van der Waals surface area contributed by atoms with Crippen molar-refractivity contribution in [2.24, 2.45) is 0 Å². The molecule has 0 saturated heterocycles. The summed E-state index contributed by atoms with van der Waals surface area (Å²) in [6.07, 6.45) is 8.45. The van der Waals surface area contributed by atoms with Gasteiger partial charge in [-0.05, 0) is 49.4 Å². The van der Waals surface area contributed by atoms with Gasteiger partial charge < -0.3 is 9.73 Å². The van der Waals surface area contributed by atoms with Crippen LogP contribution in [0.25, 0.3) is 0 Å². The van der Waals surface area contributed by atoms with Gasteiger partial charge in [-0.1, -0.05) is 37.3 Å². The third-order valence-corrected chi connectivity index (χ3v) is 4.47. The summed E-state index contributed by atoms with van der Waals surface area (Å²) in [7, 11) is 0. The molecule has 0 amide bonds. The zero-order chi connectivity index (χ0) is 13.8. The number of benzene rings is 1. The van der Waals surface area contributed by atoms with E-state index < -0.39 is 0 Å². The Balaban J connectivity index is 1.81. The molecule has 1 N–H and O–H groups in total. The molecular formula is C18H23NO. The number of furan rings is 1. The summed E-state index contributed by atoms with van der Waals surface area (Å²) < 4.78 is 5.23. The second-order valence-electron chi connectivity index (χ2n) is 5.86. The SMILES string of the molecule is CCCNC(Cc1ccoc1)C1(c2ccccc2)CC1. The number of rotatable bonds is 7. The maximum atomic E-state index is 5.23. The van der Waals surface area contributed by atoms with Crippen LogP contribution >= 0.6 is 0 Å². The topological polar surface area (TPSA) is 25.2 Å². The lowest BCUT2D eigenvalue weighted by atomic mass is 9.84. The van der Waals surface area contributed by atoms with Gasteiger partial charge in [0.2, 0.25) is 0 Å². The van der Waals surface area contributed by atoms with E-state index in [4.69, 9.17) is 4.42 Å². The number of hydrogen-bond acceptors (Lipinski definition) is 2. The highest BCUT2D eigenvalue weighted by molar-refractivity contribution is 5.35. The molecule has 1 aliphatic carbocycles. The Kier molecular flexibility index (Phi) is 3.93. The predicted octanol–water partition coefficient (Wildman–Crippen LogP) is 3.92. The van der Waals surface area contributed by atoms with Gasteiger partial charge in [-0.25, -0.2) is 0 Å². The maximum Gasteiger partial charge on any atom is 0.0935 e. The van der Waals surface area contributed by atoms with Gasteiger partial charge in [0, 0.05) is 11.5 Å². The summed E-state index contributed by atoms with van der Waals surface area (Å²) in [5.74, 6) is 0. The first kappa shape index (κ1) is 13.4. The Morgan fingerprint density at radius 3 is 2.60 bits per heavy atom. The molecule has 20 heavy (non-hydrogen) atoms. The molecule has 0 spiro atoms. The lowest BCUT2D eigenvalue weighted by Crippen LogP contribution is -2.42. The Morgan fingerprint density at radius 2 is 2.00 bits per heavy atom. The highest BCUT2D eigenvalue weighted by atomic mass is 16.3. The molecule has 1 aliphatic rings. The summed E-state index contributed by atoms with van der Waals surface area (Å²) in [5, 5.41) is 3.77. The molecular weight excluding hydrogens is 246 g/mol. The summed E-state index contributed by atoms with van der Waals surface area (Å²) >= 11 is 0. The number of hydrogen-bond donors (Lipinski definition) is 1. The van der Waals surface area contributed by atoms with E-state index in [0.717, 1.165) is 13.0 Å². The molecule has 1 heterocycles. The van der Waals surface area contributed by atoms with Crippen LogP contribution in [0.1, 0.15) is 37.3 Å². The van der Waals surface area contributed by atoms with Crippen molar-refractivity contribution in [2.75, 3.05) is 6.54 Å². The first-order valence-corrected chi connectivity index (χ1v) is 7.65. The molecule has 0 bridgehead atoms. The van der Waals surface area contributed by atoms with Crippen molar-refractivity contribution in [1.82, 2.24) is 5.32 Å². The van der Waals surface area contributed by atoms with Crippen LogP contribution in [0.2, 0.25) is 0 Å². The molecule has 1 saturated carbocycles. The highest BCUT2D eigenvalue weighted by Crippen LogP contribution is 2.51. The molecule has 1 aromatic carbocycles. The Hall–Kier alpha value is -1.54. The van der Waals surface area contributed by atoms with E-state index in [0.29, 0.717) is 11.5 Å². The highest BCUT2D eigenvalue weighted by Gasteiger charge is 2.50. The van der Waals surface area contributed by atoms with Gasteiger partial charge >= 0.3 is 0 Å². The Labute approximate surface area is 121 Å². The van der Waals surface area contributed by atoms with Crippen LogP contribution in [0.5, 0.6) is 0 Å². The molecule has 0 radical (unpaired) electrons. The largest absolute Gasteiger partial charge is 0.472 e. The van der Waals surface area contributed by atoms with Gasteiger partial charge in [-0.2, -0.15) is 0 Å². The zero-order valence-corrected chi connectivity index (χ0v) is 12.1. The lowest BCUT2D eigenvalue weighted by Gasteiger charge is -2.28. The van der Waals surface area contributed by atoms with Crippen molar-refractivity contribution in [3.05, 3.63) is 60.1 Å². The van der Waals surface area contributed by atoms with Gasteiger partial charge in [0.15, 0.2) is 0 Å². The molecule has 1 unspecified atom stereocenters. The third-order valence-electron chi connectivity index (χ3n) is 4.47. The standard InChI is InChI=1S/C18H23NO/c1-2-11-19-17(13-15-8-12-20-14-15)18(9-10-18)16-6-4-3-5-7-16/h3-8,12,14,17,19H,2,9-11,13H2,1H3. The van der Waals surface area contributed by atoms with E-state index in [-0.39, 0.29) is 0 Å². The van der Waals surface area contributed by atoms with Crippen LogP contribution in [-0.2, 0) is 11.8 Å². The van der Waals surface area contributed by atoms with E-state index in [9.17, 15) is 0 Å². The molecule has 2 heteroatoms. The summed E-state index contributed by atoms with van der Waals surface area (Å²) in [6.45, 7) is 3.31. The first-order valence-electron chi connectivity index (χ1n) is 7.65. The second kappa shape index (κ2) is 5.84. The normalized spacial score (nSPS) is 17.9. The van der Waals surface area contributed by atoms with Crippen LogP contribution in [0.3, 0.4) is 0 Å². The van der Waals surface area contributed by atoms with Crippen molar-refractivity contribution < 1.29 is 4.42 Å². The summed E-state index contributed by atoms with van der Waals surface area (Å²) in [4.78, 5) is 0. The van der Waals surface area contributed by atoms with E-state index in [1.165, 1.54) is 30.4 Å². The van der Waals surface area contributed by atoms with Crippen molar-refractivity contribution in [1.29, 1.82) is 0 Å². The van der Waals surface area contributed by atoms with Crippen molar-refractivity contribution in [3.8, 4) is 0 Å². The van der Waals surface area contributed by atoms with Gasteiger partial charge in [0.05, 0.1) is 12.5 Å². The monoisotopic (exact) mass is 269 g/mol. The van der Waals surface area contributed by atoms with E-state index in [1.807, 2.05) is 6.26 Å². The molecule has 2 nitrogen and oxygen atoms in total. The minimum atomic E-state index is 0.327. The van der Waals surface area contributed by atoms with Gasteiger partial charge in [-0.3, -0.25) is 0 Å². The fourth-order valence-electron chi connectivity index (χ4n) is 3.17. The molecule has 1 fully saturated rings. The Morgan fingerprint density at radius 1 is 1.20 bits per heavy atom. The minimum absolute atomic E-state index is 0.327. The van der Waals surface area contributed by atoms with Crippen LogP contribution in [-0.4, -0.2) is 12.6 Å². The number of nitrogens with one attached hydrogen (secondary N) is 1. The van der Waals surface area contributed by atoms with E-state index in [2.05, 4.69) is 48.6 Å². The smallest absolute Gasteiger partial charge is 0.0935 e. The van der Waals surface area contributed by atoms with Gasteiger partial charge in [0.1, 0.15) is 0 Å². The fourth-order valence-corrected chi connectivity index (χ4v) is 3.17. The average Bonchev–Trinajstić information content (AvgIpc) is 3.15. The van der Waals surface area contributed by atoms with Crippen molar-refractivity contribution in [3.63, 3.8) is 0 Å². The first-order chi connectivity index (χ1) is 9.85. The van der Waals surface area contributed by atoms with Gasteiger partial charge in [-0.15, -0.1) is 0 Å². The lowest BCUT2D eigenvalue weighted by molar-refractivity contribution is 0.411.